The molecule has 0 spiro atoms. The molecule has 0 saturated carbocycles. The van der Waals surface area contributed by atoms with E-state index in [-0.39, 0.29) is 17.2 Å². The van der Waals surface area contributed by atoms with Crippen molar-refractivity contribution in [2.75, 3.05) is 19.6 Å². The quantitative estimate of drug-likeness (QED) is 0.734. The van der Waals surface area contributed by atoms with Crippen molar-refractivity contribution in [1.82, 2.24) is 15.8 Å². The summed E-state index contributed by atoms with van der Waals surface area (Å²) in [7, 11) is 0. The van der Waals surface area contributed by atoms with Gasteiger partial charge in [0.15, 0.2) is 0 Å². The number of halogens is 1. The Bertz CT molecular complexity index is 531. The summed E-state index contributed by atoms with van der Waals surface area (Å²) in [4.78, 5) is 14.3. The van der Waals surface area contributed by atoms with E-state index in [2.05, 4.69) is 44.7 Å². The van der Waals surface area contributed by atoms with Gasteiger partial charge in [-0.3, -0.25) is 15.1 Å². The van der Waals surface area contributed by atoms with Crippen molar-refractivity contribution in [3.8, 4) is 5.75 Å². The highest BCUT2D eigenvalue weighted by Gasteiger charge is 2.13. The molecule has 0 unspecified atom stereocenters. The van der Waals surface area contributed by atoms with E-state index in [4.69, 9.17) is 0 Å². The zero-order valence-electron chi connectivity index (χ0n) is 11.3. The molecular formula is C14H18BrN3O2. The summed E-state index contributed by atoms with van der Waals surface area (Å²) in [5, 5.41) is 9.68. The summed E-state index contributed by atoms with van der Waals surface area (Å²) >= 11 is 3.28. The van der Waals surface area contributed by atoms with Crippen LogP contribution in [0.1, 0.15) is 23.7 Å². The van der Waals surface area contributed by atoms with Gasteiger partial charge < -0.3 is 10.5 Å². The number of likely N-dealkylation sites (N-methyl/N-ethyl adjacent to an activating group) is 1. The number of phenolic OH excluding ortho intramolecular Hbond substituents is 1. The average Bonchev–Trinajstić information content (AvgIpc) is 2.47. The Labute approximate surface area is 126 Å². The molecule has 0 saturated heterocycles. The highest BCUT2D eigenvalue weighted by atomic mass is 79.9. The predicted octanol–water partition coefficient (Wildman–Crippen LogP) is 2.00. The first-order valence-corrected chi connectivity index (χ1v) is 7.35. The van der Waals surface area contributed by atoms with Gasteiger partial charge in [-0.2, -0.15) is 0 Å². The number of carbonyl (C=O) groups is 1. The number of hydrazine groups is 1. The van der Waals surface area contributed by atoms with Crippen LogP contribution in [0.3, 0.4) is 0 Å². The van der Waals surface area contributed by atoms with Crippen molar-refractivity contribution in [2.24, 2.45) is 0 Å². The second kappa shape index (κ2) is 6.76. The minimum Gasteiger partial charge on any atom is -0.507 e. The molecule has 6 heteroatoms. The summed E-state index contributed by atoms with van der Waals surface area (Å²) in [6.07, 6.45) is 2.94. The Morgan fingerprint density at radius 1 is 1.50 bits per heavy atom. The van der Waals surface area contributed by atoms with Gasteiger partial charge in [-0.05, 0) is 30.8 Å². The second-order valence-corrected chi connectivity index (χ2v) is 5.53. The zero-order chi connectivity index (χ0) is 14.5. The smallest absolute Gasteiger partial charge is 0.273 e. The number of benzene rings is 1. The van der Waals surface area contributed by atoms with E-state index in [9.17, 15) is 9.90 Å². The first-order chi connectivity index (χ1) is 9.60. The molecule has 5 nitrogen and oxygen atoms in total. The SMILES string of the molecule is CCN1CC=C(NNC(=O)c2cc(Br)ccc2O)CC1. The predicted molar refractivity (Wildman–Crippen MR) is 81.2 cm³/mol. The van der Waals surface area contributed by atoms with E-state index in [1.807, 2.05) is 0 Å². The first-order valence-electron chi connectivity index (χ1n) is 6.56. The van der Waals surface area contributed by atoms with Gasteiger partial charge in [0.25, 0.3) is 5.91 Å². The van der Waals surface area contributed by atoms with Crippen LogP contribution in [-0.4, -0.2) is 35.5 Å². The number of amides is 1. The molecule has 1 aromatic carbocycles. The third-order valence-electron chi connectivity index (χ3n) is 3.28. The van der Waals surface area contributed by atoms with E-state index in [1.165, 1.54) is 6.07 Å². The summed E-state index contributed by atoms with van der Waals surface area (Å²) in [6.45, 7) is 5.02. The Morgan fingerprint density at radius 3 is 2.95 bits per heavy atom. The fraction of sp³-hybridized carbons (Fsp3) is 0.357. The molecule has 0 aliphatic carbocycles. The van der Waals surface area contributed by atoms with Crippen molar-refractivity contribution < 1.29 is 9.90 Å². The molecule has 108 valence electrons. The van der Waals surface area contributed by atoms with Gasteiger partial charge in [0, 0.05) is 29.7 Å². The minimum atomic E-state index is -0.359. The van der Waals surface area contributed by atoms with Crippen LogP contribution < -0.4 is 10.9 Å². The number of hydrogen-bond acceptors (Lipinski definition) is 4. The molecule has 1 aromatic rings. The second-order valence-electron chi connectivity index (χ2n) is 4.61. The molecule has 1 aliphatic rings. The van der Waals surface area contributed by atoms with Crippen LogP contribution in [0, 0.1) is 0 Å². The van der Waals surface area contributed by atoms with Crippen molar-refractivity contribution in [3.63, 3.8) is 0 Å². The topological polar surface area (TPSA) is 64.6 Å². The van der Waals surface area contributed by atoms with Gasteiger partial charge in [-0.25, -0.2) is 0 Å². The van der Waals surface area contributed by atoms with Crippen molar-refractivity contribution >= 4 is 21.8 Å². The van der Waals surface area contributed by atoms with E-state index in [0.717, 1.165) is 36.2 Å². The van der Waals surface area contributed by atoms with E-state index in [1.54, 1.807) is 12.1 Å². The maximum absolute atomic E-state index is 12.0. The molecule has 20 heavy (non-hydrogen) atoms. The summed E-state index contributed by atoms with van der Waals surface area (Å²) < 4.78 is 0.746. The Balaban J connectivity index is 1.93. The first kappa shape index (κ1) is 14.9. The molecule has 1 amide bonds. The molecule has 0 atom stereocenters. The number of aromatic hydroxyl groups is 1. The largest absolute Gasteiger partial charge is 0.507 e. The van der Waals surface area contributed by atoms with Gasteiger partial charge in [0.05, 0.1) is 5.56 Å². The van der Waals surface area contributed by atoms with E-state index >= 15 is 0 Å². The monoisotopic (exact) mass is 339 g/mol. The molecular weight excluding hydrogens is 322 g/mol. The van der Waals surface area contributed by atoms with Gasteiger partial charge in [-0.1, -0.05) is 22.9 Å². The molecule has 0 radical (unpaired) electrons. The molecule has 0 aromatic heterocycles. The lowest BCUT2D eigenvalue weighted by molar-refractivity contribution is 0.0934. The lowest BCUT2D eigenvalue weighted by Gasteiger charge is -2.25. The van der Waals surface area contributed by atoms with Crippen molar-refractivity contribution in [1.29, 1.82) is 0 Å². The molecule has 2 rings (SSSR count). The maximum atomic E-state index is 12.0. The summed E-state index contributed by atoms with van der Waals surface area (Å²) in [5.74, 6) is -0.398. The number of carbonyl (C=O) groups excluding carboxylic acids is 1. The van der Waals surface area contributed by atoms with Crippen LogP contribution in [0.15, 0.2) is 34.4 Å². The van der Waals surface area contributed by atoms with Gasteiger partial charge >= 0.3 is 0 Å². The zero-order valence-corrected chi connectivity index (χ0v) is 12.9. The molecule has 0 bridgehead atoms. The van der Waals surface area contributed by atoms with Gasteiger partial charge in [0.1, 0.15) is 5.75 Å². The third kappa shape index (κ3) is 3.74. The minimum absolute atomic E-state index is 0.0396. The number of rotatable bonds is 4. The summed E-state index contributed by atoms with van der Waals surface area (Å²) in [6, 6.07) is 4.75. The third-order valence-corrected chi connectivity index (χ3v) is 3.77. The van der Waals surface area contributed by atoms with E-state index in [0.29, 0.717) is 0 Å². The number of phenols is 1. The Hall–Kier alpha value is -1.53. The fourth-order valence-electron chi connectivity index (χ4n) is 2.01. The van der Waals surface area contributed by atoms with Crippen LogP contribution in [-0.2, 0) is 0 Å². The normalized spacial score (nSPS) is 15.6. The standard InChI is InChI=1S/C14H18BrN3O2/c1-2-18-7-5-11(6-8-18)16-17-14(20)12-9-10(15)3-4-13(12)19/h3-5,9,16,19H,2,6-8H2,1H3,(H,17,20). The lowest BCUT2D eigenvalue weighted by atomic mass is 10.2. The van der Waals surface area contributed by atoms with Crippen molar-refractivity contribution in [3.05, 3.63) is 40.0 Å². The van der Waals surface area contributed by atoms with Crippen molar-refractivity contribution in [2.45, 2.75) is 13.3 Å². The summed E-state index contributed by atoms with van der Waals surface area (Å²) in [5.41, 5.74) is 6.77. The fourth-order valence-corrected chi connectivity index (χ4v) is 2.37. The highest BCUT2D eigenvalue weighted by Crippen LogP contribution is 2.21. The van der Waals surface area contributed by atoms with E-state index < -0.39 is 0 Å². The number of hydrogen-bond donors (Lipinski definition) is 3. The van der Waals surface area contributed by atoms with Crippen LogP contribution in [0.4, 0.5) is 0 Å². The number of nitrogens with one attached hydrogen (secondary N) is 2. The van der Waals surface area contributed by atoms with Crippen LogP contribution >= 0.6 is 15.9 Å². The van der Waals surface area contributed by atoms with Crippen LogP contribution in [0.2, 0.25) is 0 Å². The van der Waals surface area contributed by atoms with Gasteiger partial charge in [0.2, 0.25) is 0 Å². The molecule has 3 N–H and O–H groups in total. The highest BCUT2D eigenvalue weighted by molar-refractivity contribution is 9.10. The lowest BCUT2D eigenvalue weighted by Crippen LogP contribution is -2.40. The average molecular weight is 340 g/mol. The van der Waals surface area contributed by atoms with Crippen LogP contribution in [0.25, 0.3) is 0 Å². The Kier molecular flexibility index (Phi) is 5.03. The van der Waals surface area contributed by atoms with Gasteiger partial charge in [-0.15, -0.1) is 0 Å². The maximum Gasteiger partial charge on any atom is 0.273 e. The molecule has 0 fully saturated rings. The van der Waals surface area contributed by atoms with Crippen LogP contribution in [0.5, 0.6) is 5.75 Å². The molecule has 1 aliphatic heterocycles. The number of nitrogens with zero attached hydrogens (tertiary/aromatic N) is 1. The Morgan fingerprint density at radius 2 is 2.30 bits per heavy atom. The molecule has 1 heterocycles.